The van der Waals surface area contributed by atoms with Gasteiger partial charge in [-0.25, -0.2) is 0 Å². The van der Waals surface area contributed by atoms with E-state index in [1.807, 2.05) is 4.90 Å². The van der Waals surface area contributed by atoms with E-state index in [1.165, 1.54) is 0 Å². The second-order valence-electron chi connectivity index (χ2n) is 5.29. The van der Waals surface area contributed by atoms with Crippen LogP contribution in [0.1, 0.15) is 39.0 Å². The van der Waals surface area contributed by atoms with E-state index in [2.05, 4.69) is 10.6 Å². The smallest absolute Gasteiger partial charge is 0.237 e. The van der Waals surface area contributed by atoms with Crippen molar-refractivity contribution in [2.45, 2.75) is 51.1 Å². The summed E-state index contributed by atoms with van der Waals surface area (Å²) >= 11 is 0. The minimum atomic E-state index is -0.0404. The van der Waals surface area contributed by atoms with Crippen molar-refractivity contribution in [3.05, 3.63) is 0 Å². The first-order valence-electron chi connectivity index (χ1n) is 6.96. The summed E-state index contributed by atoms with van der Waals surface area (Å²) in [7, 11) is 0. The van der Waals surface area contributed by atoms with Crippen LogP contribution < -0.4 is 10.6 Å². The van der Waals surface area contributed by atoms with E-state index in [9.17, 15) is 9.59 Å². The van der Waals surface area contributed by atoms with Crippen LogP contribution in [0, 0.1) is 0 Å². The number of carbonyl (C=O) groups excluding carboxylic acids is 2. The molecule has 0 aliphatic carbocycles. The fourth-order valence-electron chi connectivity index (χ4n) is 2.74. The lowest BCUT2D eigenvalue weighted by atomic mass is 10.0. The number of hydrogen-bond donors (Lipinski definition) is 2. The molecular formula is C13H23N3O2. The van der Waals surface area contributed by atoms with Crippen LogP contribution in [0.2, 0.25) is 0 Å². The molecule has 2 N–H and O–H groups in total. The lowest BCUT2D eigenvalue weighted by Crippen LogP contribution is -2.51. The van der Waals surface area contributed by atoms with Gasteiger partial charge in [0, 0.05) is 32.6 Å². The van der Waals surface area contributed by atoms with Crippen LogP contribution in [0.4, 0.5) is 0 Å². The molecule has 2 heterocycles. The Hall–Kier alpha value is -1.10. The van der Waals surface area contributed by atoms with Gasteiger partial charge in [0.2, 0.25) is 11.8 Å². The first-order chi connectivity index (χ1) is 8.66. The molecule has 5 heteroatoms. The molecule has 2 amide bonds. The van der Waals surface area contributed by atoms with E-state index in [-0.39, 0.29) is 17.9 Å². The third-order valence-corrected chi connectivity index (χ3v) is 3.91. The summed E-state index contributed by atoms with van der Waals surface area (Å²) < 4.78 is 0. The average Bonchev–Trinajstić information content (AvgIpc) is 2.56. The lowest BCUT2D eigenvalue weighted by Gasteiger charge is -2.33. The van der Waals surface area contributed by atoms with Gasteiger partial charge in [-0.3, -0.25) is 9.59 Å². The minimum Gasteiger partial charge on any atom is -0.355 e. The van der Waals surface area contributed by atoms with E-state index in [1.54, 1.807) is 6.92 Å². The van der Waals surface area contributed by atoms with Gasteiger partial charge >= 0.3 is 0 Å². The van der Waals surface area contributed by atoms with Gasteiger partial charge in [-0.15, -0.1) is 0 Å². The molecule has 2 saturated heterocycles. The molecule has 0 aromatic rings. The number of carbonyl (C=O) groups is 2. The number of piperidine rings is 1. The van der Waals surface area contributed by atoms with Crippen LogP contribution in [0.3, 0.4) is 0 Å². The SMILES string of the molecule is CC(=O)N1CCC(NC2CCCCNC2=O)CC1. The van der Waals surface area contributed by atoms with Gasteiger partial charge in [0.1, 0.15) is 0 Å². The molecule has 2 rings (SSSR count). The number of nitrogens with one attached hydrogen (secondary N) is 2. The van der Waals surface area contributed by atoms with Crippen LogP contribution in [-0.2, 0) is 9.59 Å². The van der Waals surface area contributed by atoms with Gasteiger partial charge in [0.25, 0.3) is 0 Å². The Bertz CT molecular complexity index is 311. The number of hydrogen-bond acceptors (Lipinski definition) is 3. The van der Waals surface area contributed by atoms with E-state index >= 15 is 0 Å². The standard InChI is InChI=1S/C13H23N3O2/c1-10(17)16-8-5-11(6-9-16)15-12-4-2-3-7-14-13(12)18/h11-12,15H,2-9H2,1H3,(H,14,18). The first kappa shape index (κ1) is 13.3. The zero-order valence-corrected chi connectivity index (χ0v) is 11.1. The van der Waals surface area contributed by atoms with Gasteiger partial charge in [-0.2, -0.15) is 0 Å². The Morgan fingerprint density at radius 3 is 2.67 bits per heavy atom. The summed E-state index contributed by atoms with van der Waals surface area (Å²) in [6.45, 7) is 4.04. The largest absolute Gasteiger partial charge is 0.355 e. The Morgan fingerprint density at radius 2 is 2.00 bits per heavy atom. The van der Waals surface area contributed by atoms with Gasteiger partial charge in [0.15, 0.2) is 0 Å². The minimum absolute atomic E-state index is 0.0404. The predicted molar refractivity (Wildman–Crippen MR) is 69.1 cm³/mol. The molecule has 0 saturated carbocycles. The summed E-state index contributed by atoms with van der Waals surface area (Å²) in [6.07, 6.45) is 5.00. The van der Waals surface area contributed by atoms with Crippen LogP contribution in [0.15, 0.2) is 0 Å². The maximum Gasteiger partial charge on any atom is 0.237 e. The Kier molecular flexibility index (Phi) is 4.58. The van der Waals surface area contributed by atoms with Crippen molar-refractivity contribution < 1.29 is 9.59 Å². The Labute approximate surface area is 108 Å². The topological polar surface area (TPSA) is 61.4 Å². The van der Waals surface area contributed by atoms with Crippen molar-refractivity contribution in [1.82, 2.24) is 15.5 Å². The molecule has 0 aromatic carbocycles. The van der Waals surface area contributed by atoms with Crippen LogP contribution >= 0.6 is 0 Å². The molecule has 2 aliphatic rings. The molecular weight excluding hydrogens is 230 g/mol. The summed E-state index contributed by atoms with van der Waals surface area (Å²) in [6, 6.07) is 0.329. The fraction of sp³-hybridized carbons (Fsp3) is 0.846. The van der Waals surface area contributed by atoms with E-state index < -0.39 is 0 Å². The summed E-state index contributed by atoms with van der Waals surface area (Å²) in [4.78, 5) is 24.9. The van der Waals surface area contributed by atoms with Gasteiger partial charge < -0.3 is 15.5 Å². The predicted octanol–water partition coefficient (Wildman–Crippen LogP) is 0.256. The number of amides is 2. The van der Waals surface area contributed by atoms with Gasteiger partial charge in [0.05, 0.1) is 6.04 Å². The Balaban J connectivity index is 1.79. The van der Waals surface area contributed by atoms with Gasteiger partial charge in [-0.1, -0.05) is 0 Å². The highest BCUT2D eigenvalue weighted by molar-refractivity contribution is 5.81. The zero-order valence-electron chi connectivity index (χ0n) is 11.1. The summed E-state index contributed by atoms with van der Waals surface area (Å²) in [5.41, 5.74) is 0. The quantitative estimate of drug-likeness (QED) is 0.742. The van der Waals surface area contributed by atoms with Crippen molar-refractivity contribution in [3.8, 4) is 0 Å². The van der Waals surface area contributed by atoms with Crippen LogP contribution in [-0.4, -0.2) is 48.4 Å². The third kappa shape index (κ3) is 3.45. The van der Waals surface area contributed by atoms with Crippen molar-refractivity contribution >= 4 is 11.8 Å². The normalized spacial score (nSPS) is 26.6. The Morgan fingerprint density at radius 1 is 1.28 bits per heavy atom. The zero-order chi connectivity index (χ0) is 13.0. The van der Waals surface area contributed by atoms with E-state index in [4.69, 9.17) is 0 Å². The molecule has 102 valence electrons. The molecule has 1 unspecified atom stereocenters. The van der Waals surface area contributed by atoms with E-state index in [0.717, 1.165) is 51.7 Å². The molecule has 1 atom stereocenters. The van der Waals surface area contributed by atoms with Crippen LogP contribution in [0.25, 0.3) is 0 Å². The molecule has 18 heavy (non-hydrogen) atoms. The average molecular weight is 253 g/mol. The molecule has 2 fully saturated rings. The highest BCUT2D eigenvalue weighted by atomic mass is 16.2. The molecule has 2 aliphatic heterocycles. The first-order valence-corrected chi connectivity index (χ1v) is 6.96. The highest BCUT2D eigenvalue weighted by Crippen LogP contribution is 2.13. The third-order valence-electron chi connectivity index (χ3n) is 3.91. The van der Waals surface area contributed by atoms with Crippen molar-refractivity contribution in [3.63, 3.8) is 0 Å². The van der Waals surface area contributed by atoms with Crippen molar-refractivity contribution in [1.29, 1.82) is 0 Å². The lowest BCUT2D eigenvalue weighted by molar-refractivity contribution is -0.130. The second kappa shape index (κ2) is 6.18. The number of likely N-dealkylation sites (tertiary alicyclic amines) is 1. The maximum atomic E-state index is 11.8. The monoisotopic (exact) mass is 253 g/mol. The fourth-order valence-corrected chi connectivity index (χ4v) is 2.74. The maximum absolute atomic E-state index is 11.8. The molecule has 0 bridgehead atoms. The van der Waals surface area contributed by atoms with E-state index in [0.29, 0.717) is 6.04 Å². The summed E-state index contributed by atoms with van der Waals surface area (Å²) in [5, 5.41) is 6.40. The summed E-state index contributed by atoms with van der Waals surface area (Å²) in [5.74, 6) is 0.294. The number of nitrogens with zero attached hydrogens (tertiary/aromatic N) is 1. The highest BCUT2D eigenvalue weighted by Gasteiger charge is 2.26. The van der Waals surface area contributed by atoms with Crippen LogP contribution in [0.5, 0.6) is 0 Å². The van der Waals surface area contributed by atoms with Crippen molar-refractivity contribution in [2.75, 3.05) is 19.6 Å². The molecule has 0 spiro atoms. The molecule has 0 aromatic heterocycles. The second-order valence-corrected chi connectivity index (χ2v) is 5.29. The molecule has 0 radical (unpaired) electrons. The van der Waals surface area contributed by atoms with Crippen molar-refractivity contribution in [2.24, 2.45) is 0 Å². The molecule has 5 nitrogen and oxygen atoms in total. The number of rotatable bonds is 2. The van der Waals surface area contributed by atoms with Gasteiger partial charge in [-0.05, 0) is 32.1 Å².